The molecule has 1 atom stereocenters. The number of carbonyl (C=O) groups excluding carboxylic acids is 1. The number of hydrogen-bond donors (Lipinski definition) is 1. The van der Waals surface area contributed by atoms with Gasteiger partial charge in [-0.1, -0.05) is 0 Å². The molecule has 1 heterocycles. The van der Waals surface area contributed by atoms with Gasteiger partial charge < -0.3 is 9.84 Å². The summed E-state index contributed by atoms with van der Waals surface area (Å²) in [5, 5.41) is 8.60. The molecule has 0 radical (unpaired) electrons. The van der Waals surface area contributed by atoms with Crippen LogP contribution in [0.4, 0.5) is 4.39 Å². The van der Waals surface area contributed by atoms with Crippen molar-refractivity contribution in [2.75, 3.05) is 0 Å². The molecule has 0 saturated heterocycles. The zero-order chi connectivity index (χ0) is 7.02. The number of cyclic esters (lactones) is 1. The van der Waals surface area contributed by atoms with Crippen molar-refractivity contribution in [2.24, 2.45) is 5.92 Å². The number of hydrogen-bond acceptors (Lipinski definition) is 3. The zero-order valence-corrected chi connectivity index (χ0v) is 4.72. The Balaban J connectivity index is 2.87. The summed E-state index contributed by atoms with van der Waals surface area (Å²) in [4.78, 5) is 10.3. The quantitative estimate of drug-likeness (QED) is 0.497. The molecule has 0 aliphatic carbocycles. The third-order valence-corrected chi connectivity index (χ3v) is 1.16. The van der Waals surface area contributed by atoms with Crippen LogP contribution in [0.25, 0.3) is 0 Å². The topological polar surface area (TPSA) is 46.5 Å². The van der Waals surface area contributed by atoms with Crippen molar-refractivity contribution in [3.63, 3.8) is 0 Å². The van der Waals surface area contributed by atoms with Crippen molar-refractivity contribution in [3.8, 4) is 0 Å². The minimum absolute atomic E-state index is 0.611. The second kappa shape index (κ2) is 1.72. The van der Waals surface area contributed by atoms with Crippen molar-refractivity contribution in [2.45, 2.75) is 6.92 Å². The minimum Gasteiger partial charge on any atom is -0.506 e. The number of carbonyl (C=O) groups is 1. The second-order valence-electron chi connectivity index (χ2n) is 1.80. The van der Waals surface area contributed by atoms with Gasteiger partial charge in [0.15, 0.2) is 5.76 Å². The van der Waals surface area contributed by atoms with Gasteiger partial charge in [-0.15, -0.1) is 0 Å². The Morgan fingerprint density at radius 1 is 1.78 bits per heavy atom. The van der Waals surface area contributed by atoms with Gasteiger partial charge in [0.2, 0.25) is 0 Å². The normalized spacial score (nSPS) is 26.9. The fraction of sp³-hybridized carbons (Fsp3) is 0.400. The lowest BCUT2D eigenvalue weighted by molar-refractivity contribution is -0.141. The molecule has 0 aromatic heterocycles. The van der Waals surface area contributed by atoms with Crippen molar-refractivity contribution in [3.05, 3.63) is 11.8 Å². The monoisotopic (exact) mass is 132 g/mol. The summed E-state index contributed by atoms with van der Waals surface area (Å²) < 4.78 is 15.9. The van der Waals surface area contributed by atoms with Crippen molar-refractivity contribution in [1.29, 1.82) is 0 Å². The van der Waals surface area contributed by atoms with Gasteiger partial charge in [-0.05, 0) is 6.92 Å². The van der Waals surface area contributed by atoms with E-state index >= 15 is 0 Å². The summed E-state index contributed by atoms with van der Waals surface area (Å²) in [6.45, 7) is 1.37. The molecule has 0 bridgehead atoms. The van der Waals surface area contributed by atoms with Crippen LogP contribution in [0.15, 0.2) is 11.8 Å². The maximum Gasteiger partial charge on any atom is 0.323 e. The lowest BCUT2D eigenvalue weighted by atomic mass is 10.2. The van der Waals surface area contributed by atoms with Gasteiger partial charge in [0.05, 0.1) is 0 Å². The molecule has 50 valence electrons. The lowest BCUT2D eigenvalue weighted by Gasteiger charge is -1.92. The first-order valence-corrected chi connectivity index (χ1v) is 2.43. The average Bonchev–Trinajstić information content (AvgIpc) is 1.98. The molecule has 1 aliphatic heterocycles. The predicted octanol–water partition coefficient (Wildman–Crippen LogP) is 0.876. The summed E-state index contributed by atoms with van der Waals surface area (Å²) in [6, 6.07) is -1.17. The van der Waals surface area contributed by atoms with Crippen molar-refractivity contribution >= 4 is 5.97 Å². The Hall–Kier alpha value is -1.06. The summed E-state index contributed by atoms with van der Waals surface area (Å²) in [6.07, 6.45) is 0. The molecule has 1 unspecified atom stereocenters. The molecule has 0 spiro atoms. The summed E-state index contributed by atoms with van der Waals surface area (Å²) in [5.74, 6) is -2.20. The van der Waals surface area contributed by atoms with Crippen LogP contribution in [-0.4, -0.2) is 11.1 Å². The summed E-state index contributed by atoms with van der Waals surface area (Å²) in [5.41, 5.74) is 0. The van der Waals surface area contributed by atoms with E-state index in [9.17, 15) is 9.18 Å². The molecule has 0 fully saturated rings. The Morgan fingerprint density at radius 2 is 2.33 bits per heavy atom. The molecule has 1 N–H and O–H groups in total. The van der Waals surface area contributed by atoms with Gasteiger partial charge in [-0.3, -0.25) is 4.79 Å². The summed E-state index contributed by atoms with van der Waals surface area (Å²) in [7, 11) is 0. The van der Waals surface area contributed by atoms with E-state index < -0.39 is 23.7 Å². The minimum atomic E-state index is -1.17. The zero-order valence-electron chi connectivity index (χ0n) is 4.72. The van der Waals surface area contributed by atoms with E-state index in [2.05, 4.69) is 4.74 Å². The largest absolute Gasteiger partial charge is 0.506 e. The molecule has 0 amide bonds. The van der Waals surface area contributed by atoms with Crippen LogP contribution < -0.4 is 0 Å². The van der Waals surface area contributed by atoms with Crippen LogP contribution in [0, 0.1) is 5.92 Å². The van der Waals surface area contributed by atoms with Gasteiger partial charge in [-0.25, -0.2) is 0 Å². The number of esters is 1. The van der Waals surface area contributed by atoms with Crippen molar-refractivity contribution < 1.29 is 19.0 Å². The first-order valence-electron chi connectivity index (χ1n) is 2.43. The highest BCUT2D eigenvalue weighted by molar-refractivity contribution is 5.78. The second-order valence-corrected chi connectivity index (χ2v) is 1.80. The Bertz CT molecular complexity index is 185. The number of halogens is 1. The molecule has 0 aromatic rings. The first-order chi connectivity index (χ1) is 4.13. The van der Waals surface area contributed by atoms with Gasteiger partial charge in [-0.2, -0.15) is 4.39 Å². The number of rotatable bonds is 0. The van der Waals surface area contributed by atoms with Crippen LogP contribution in [0.3, 0.4) is 0 Å². The van der Waals surface area contributed by atoms with Crippen LogP contribution in [0.2, 0.25) is 0 Å². The number of aliphatic hydroxyl groups excluding tert-OH is 1. The lowest BCUT2D eigenvalue weighted by Crippen LogP contribution is -2.06. The van der Waals surface area contributed by atoms with E-state index in [1.165, 1.54) is 6.92 Å². The van der Waals surface area contributed by atoms with E-state index in [-0.39, 0.29) is 0 Å². The van der Waals surface area contributed by atoms with Gasteiger partial charge >= 0.3 is 12.0 Å². The van der Waals surface area contributed by atoms with Crippen LogP contribution >= 0.6 is 0 Å². The maximum atomic E-state index is 12.0. The van der Waals surface area contributed by atoms with E-state index in [0.29, 0.717) is 0 Å². The van der Waals surface area contributed by atoms with E-state index in [4.69, 9.17) is 5.11 Å². The summed E-state index contributed by atoms with van der Waals surface area (Å²) >= 11 is 0. The van der Waals surface area contributed by atoms with Gasteiger partial charge in [0.25, 0.3) is 0 Å². The predicted molar refractivity (Wildman–Crippen MR) is 26.0 cm³/mol. The Kier molecular flexibility index (Phi) is 1.16. The molecule has 3 nitrogen and oxygen atoms in total. The Morgan fingerprint density at radius 3 is 2.44 bits per heavy atom. The molecule has 9 heavy (non-hydrogen) atoms. The van der Waals surface area contributed by atoms with E-state index in [0.717, 1.165) is 0 Å². The first kappa shape index (κ1) is 6.07. The van der Waals surface area contributed by atoms with E-state index in [1.807, 2.05) is 0 Å². The van der Waals surface area contributed by atoms with Gasteiger partial charge in [0.1, 0.15) is 5.92 Å². The molecule has 1 aliphatic rings. The fourth-order valence-electron chi connectivity index (χ4n) is 0.511. The molecular formula is C5H5FO3. The highest BCUT2D eigenvalue weighted by atomic mass is 19.1. The van der Waals surface area contributed by atoms with Gasteiger partial charge in [0, 0.05) is 0 Å². The molecule has 0 saturated carbocycles. The smallest absolute Gasteiger partial charge is 0.323 e. The Labute approximate surface area is 50.7 Å². The average molecular weight is 132 g/mol. The molecule has 4 heteroatoms. The SMILES string of the molecule is CC1C(=O)OC(F)=C1O. The molecule has 0 aromatic carbocycles. The fourth-order valence-corrected chi connectivity index (χ4v) is 0.511. The molecule has 1 rings (SSSR count). The van der Waals surface area contributed by atoms with Crippen LogP contribution in [0.5, 0.6) is 0 Å². The molecular weight excluding hydrogens is 127 g/mol. The third-order valence-electron chi connectivity index (χ3n) is 1.16. The van der Waals surface area contributed by atoms with Crippen LogP contribution in [-0.2, 0) is 9.53 Å². The van der Waals surface area contributed by atoms with E-state index in [1.54, 1.807) is 0 Å². The van der Waals surface area contributed by atoms with Crippen molar-refractivity contribution in [1.82, 2.24) is 0 Å². The maximum absolute atomic E-state index is 12.0. The third kappa shape index (κ3) is 0.759. The highest BCUT2D eigenvalue weighted by Gasteiger charge is 2.32. The standard InChI is InChI=1S/C5H5FO3/c1-2-3(7)4(6)9-5(2)8/h2,7H,1H3. The number of aliphatic hydroxyl groups is 1. The number of ether oxygens (including phenoxy) is 1. The van der Waals surface area contributed by atoms with Crippen LogP contribution in [0.1, 0.15) is 6.92 Å². The highest BCUT2D eigenvalue weighted by Crippen LogP contribution is 2.24.